The molecule has 0 radical (unpaired) electrons. The fraction of sp³-hybridized carbons (Fsp3) is 0.310. The van der Waals surface area contributed by atoms with E-state index < -0.39 is 13.8 Å². The number of hydrogen-bond acceptors (Lipinski definition) is 5. The number of imidazole rings is 1. The van der Waals surface area contributed by atoms with Crippen LogP contribution in [-0.4, -0.2) is 53.2 Å². The summed E-state index contributed by atoms with van der Waals surface area (Å²) in [6.07, 6.45) is 0.711. The van der Waals surface area contributed by atoms with Crippen molar-refractivity contribution >= 4 is 24.1 Å². The largest absolute Gasteiger partial charge is 0.486 e. The molecule has 1 aromatic heterocycles. The maximum Gasteiger partial charge on any atom is 0.387 e. The molecule has 39 heavy (non-hydrogen) atoms. The molecule has 2 aliphatic heterocycles. The predicted octanol–water partition coefficient (Wildman–Crippen LogP) is 6.77. The lowest BCUT2D eigenvalue weighted by atomic mass is 9.97. The Morgan fingerprint density at radius 3 is 2.49 bits per heavy atom. The van der Waals surface area contributed by atoms with Crippen LogP contribution < -0.4 is 9.47 Å². The van der Waals surface area contributed by atoms with Crippen molar-refractivity contribution in [1.29, 1.82) is 0 Å². The van der Waals surface area contributed by atoms with E-state index in [0.717, 1.165) is 28.0 Å². The van der Waals surface area contributed by atoms with E-state index in [1.54, 1.807) is 30.4 Å². The fourth-order valence-corrected chi connectivity index (χ4v) is 6.16. The minimum Gasteiger partial charge on any atom is -0.486 e. The number of nitrogens with zero attached hydrogens (tertiary/aromatic N) is 3. The monoisotopic (exact) mass is 551 g/mol. The third-order valence-electron chi connectivity index (χ3n) is 7.33. The zero-order valence-corrected chi connectivity index (χ0v) is 22.7. The quantitative estimate of drug-likeness (QED) is 0.237. The van der Waals surface area contributed by atoms with Crippen LogP contribution in [0.15, 0.2) is 60.7 Å². The second-order valence-electron chi connectivity index (χ2n) is 10.4. The van der Waals surface area contributed by atoms with Crippen molar-refractivity contribution in [2.75, 3.05) is 26.2 Å². The first-order chi connectivity index (χ1) is 18.6. The van der Waals surface area contributed by atoms with E-state index in [1.165, 1.54) is 6.07 Å². The molecule has 2 atom stereocenters. The van der Waals surface area contributed by atoms with Gasteiger partial charge in [-0.3, -0.25) is 4.79 Å². The van der Waals surface area contributed by atoms with Gasteiger partial charge in [0, 0.05) is 24.1 Å². The molecule has 0 saturated carbocycles. The van der Waals surface area contributed by atoms with Crippen LogP contribution in [0.5, 0.6) is 11.5 Å². The summed E-state index contributed by atoms with van der Waals surface area (Å²) < 4.78 is 51.4. The van der Waals surface area contributed by atoms with Gasteiger partial charge in [0.2, 0.25) is 0 Å². The van der Waals surface area contributed by atoms with Gasteiger partial charge in [0.05, 0.1) is 23.1 Å². The van der Waals surface area contributed by atoms with Crippen molar-refractivity contribution in [2.45, 2.75) is 32.0 Å². The summed E-state index contributed by atoms with van der Waals surface area (Å²) in [5, 5.41) is 0. The number of amides is 1. The van der Waals surface area contributed by atoms with Gasteiger partial charge >= 0.3 is 6.61 Å². The normalized spacial score (nSPS) is 18.3. The highest BCUT2D eigenvalue weighted by molar-refractivity contribution is 7.62. The first kappa shape index (κ1) is 25.6. The average molecular weight is 552 g/mol. The minimum absolute atomic E-state index is 0.0164. The lowest BCUT2D eigenvalue weighted by Crippen LogP contribution is -2.34. The predicted molar refractivity (Wildman–Crippen MR) is 145 cm³/mol. The summed E-state index contributed by atoms with van der Waals surface area (Å²) >= 11 is 0. The summed E-state index contributed by atoms with van der Waals surface area (Å²) in [4.78, 5) is 20.2. The fourth-order valence-electron chi connectivity index (χ4n) is 5.70. The molecule has 4 aromatic rings. The first-order valence-corrected chi connectivity index (χ1v) is 15.6. The van der Waals surface area contributed by atoms with E-state index in [4.69, 9.17) is 14.5 Å². The number of halogens is 2. The Balaban J connectivity index is 1.45. The number of ether oxygens (including phenoxy) is 2. The van der Waals surface area contributed by atoms with Crippen LogP contribution in [-0.2, 0) is 4.57 Å². The molecule has 0 unspecified atom stereocenters. The molecule has 0 aliphatic carbocycles. The molecule has 6 rings (SSSR count). The average Bonchev–Trinajstić information content (AvgIpc) is 3.41. The summed E-state index contributed by atoms with van der Waals surface area (Å²) in [5.41, 5.74) is 4.39. The van der Waals surface area contributed by atoms with Crippen LogP contribution in [0.4, 0.5) is 8.78 Å². The van der Waals surface area contributed by atoms with Crippen LogP contribution in [0.25, 0.3) is 22.2 Å². The number of benzene rings is 3. The van der Waals surface area contributed by atoms with E-state index >= 15 is 0 Å². The number of carbonyl (C=O) groups is 1. The van der Waals surface area contributed by atoms with Gasteiger partial charge in [-0.2, -0.15) is 8.78 Å². The van der Waals surface area contributed by atoms with Gasteiger partial charge in [0.1, 0.15) is 30.8 Å². The number of carbonyl (C=O) groups excluding carboxylic acids is 1. The van der Waals surface area contributed by atoms with Crippen LogP contribution in [0.3, 0.4) is 0 Å². The Bertz CT molecular complexity index is 1630. The SMILES string of the molecule is CCN1C(=O)c2cccc(OC(F)F)c2[C@H]2C[C@@H]1c1nc3ccc(-c4ccc(OCP(C)(C)=O)cc4)cc3n12. The molecular weight excluding hydrogens is 523 g/mol. The van der Waals surface area contributed by atoms with E-state index in [9.17, 15) is 18.1 Å². The van der Waals surface area contributed by atoms with Crippen molar-refractivity contribution in [1.82, 2.24) is 14.5 Å². The second-order valence-corrected chi connectivity index (χ2v) is 13.8. The molecule has 202 valence electrons. The van der Waals surface area contributed by atoms with E-state index in [0.29, 0.717) is 29.8 Å². The van der Waals surface area contributed by atoms with Crippen molar-refractivity contribution in [2.24, 2.45) is 0 Å². The molecule has 0 fully saturated rings. The van der Waals surface area contributed by atoms with Gasteiger partial charge < -0.3 is 23.5 Å². The Morgan fingerprint density at radius 1 is 1.05 bits per heavy atom. The molecule has 1 amide bonds. The summed E-state index contributed by atoms with van der Waals surface area (Å²) in [6, 6.07) is 17.7. The maximum absolute atomic E-state index is 13.5. The Morgan fingerprint density at radius 2 is 1.79 bits per heavy atom. The standard InChI is InChI=1S/C29H28F2N3O4P/c1-4-33-24-15-23(26-20(28(33)35)6-5-7-25(26)38-29(30)31)34-22-14-18(10-13-21(22)32-27(24)34)17-8-11-19(12-9-17)37-16-39(2,3)36/h5-14,23-24,29H,4,15-16H2,1-3H3/t23-,24-/m1/s1. The van der Waals surface area contributed by atoms with Crippen LogP contribution in [0.2, 0.25) is 0 Å². The van der Waals surface area contributed by atoms with Gasteiger partial charge in [-0.25, -0.2) is 4.98 Å². The lowest BCUT2D eigenvalue weighted by Gasteiger charge is -2.27. The molecule has 3 heterocycles. The van der Waals surface area contributed by atoms with E-state index in [2.05, 4.69) is 4.57 Å². The van der Waals surface area contributed by atoms with E-state index in [-0.39, 0.29) is 30.1 Å². The number of aromatic nitrogens is 2. The highest BCUT2D eigenvalue weighted by Gasteiger charge is 2.45. The smallest absolute Gasteiger partial charge is 0.387 e. The third kappa shape index (κ3) is 4.48. The van der Waals surface area contributed by atoms with Crippen molar-refractivity contribution in [3.8, 4) is 22.6 Å². The summed E-state index contributed by atoms with van der Waals surface area (Å²) in [6.45, 7) is 2.74. The summed E-state index contributed by atoms with van der Waals surface area (Å²) in [5.74, 6) is 1.20. The highest BCUT2D eigenvalue weighted by Crippen LogP contribution is 2.50. The molecule has 10 heteroatoms. The number of alkyl halides is 2. The van der Waals surface area contributed by atoms with Crippen molar-refractivity contribution in [3.05, 3.63) is 77.6 Å². The third-order valence-corrected chi connectivity index (χ3v) is 8.08. The number of fused-ring (bicyclic) bond motifs is 9. The van der Waals surface area contributed by atoms with Crippen LogP contribution in [0.1, 0.15) is 47.2 Å². The topological polar surface area (TPSA) is 73.7 Å². The van der Waals surface area contributed by atoms with Crippen LogP contribution in [0, 0.1) is 0 Å². The number of rotatable bonds is 7. The van der Waals surface area contributed by atoms with Crippen molar-refractivity contribution < 1.29 is 27.6 Å². The minimum atomic E-state index is -3.01. The second kappa shape index (κ2) is 9.49. The molecule has 0 N–H and O–H groups in total. The summed E-state index contributed by atoms with van der Waals surface area (Å²) in [7, 11) is -2.29. The molecule has 7 nitrogen and oxygen atoms in total. The van der Waals surface area contributed by atoms with Gasteiger partial charge in [0.15, 0.2) is 0 Å². The Kier molecular flexibility index (Phi) is 6.22. The molecule has 3 aromatic carbocycles. The zero-order chi connectivity index (χ0) is 27.5. The molecule has 0 spiro atoms. The Labute approximate surface area is 224 Å². The van der Waals surface area contributed by atoms with Gasteiger partial charge in [-0.1, -0.05) is 24.3 Å². The molecule has 0 saturated heterocycles. The van der Waals surface area contributed by atoms with Crippen LogP contribution >= 0.6 is 7.14 Å². The Hall–Kier alpha value is -3.71. The van der Waals surface area contributed by atoms with E-state index in [1.807, 2.05) is 49.4 Å². The zero-order valence-electron chi connectivity index (χ0n) is 21.8. The number of hydrogen-bond donors (Lipinski definition) is 0. The van der Waals surface area contributed by atoms with Gasteiger partial charge in [-0.05, 0) is 67.8 Å². The highest BCUT2D eigenvalue weighted by atomic mass is 31.2. The molecular formula is C29H28F2N3O4P. The lowest BCUT2D eigenvalue weighted by molar-refractivity contribution is -0.0507. The first-order valence-electron chi connectivity index (χ1n) is 12.8. The molecule has 2 bridgehead atoms. The van der Waals surface area contributed by atoms with Gasteiger partial charge in [-0.15, -0.1) is 0 Å². The van der Waals surface area contributed by atoms with Crippen molar-refractivity contribution in [3.63, 3.8) is 0 Å². The molecule has 2 aliphatic rings. The van der Waals surface area contributed by atoms with Gasteiger partial charge in [0.25, 0.3) is 5.91 Å². The maximum atomic E-state index is 13.5.